The maximum absolute atomic E-state index is 11.2. The first kappa shape index (κ1) is 14.6. The van der Waals surface area contributed by atoms with Gasteiger partial charge in [0, 0.05) is 17.5 Å². The standard InChI is InChI=1S/C10H19N3O2S2/c1-7(10-8(2)13-9(3)16-10)12-5-6-17(14,15)11-4/h7,11-12H,5-6H2,1-4H3. The van der Waals surface area contributed by atoms with E-state index in [1.54, 1.807) is 11.3 Å². The van der Waals surface area contributed by atoms with Crippen LogP contribution in [0, 0.1) is 13.8 Å². The van der Waals surface area contributed by atoms with Gasteiger partial charge in [-0.2, -0.15) is 0 Å². The van der Waals surface area contributed by atoms with E-state index < -0.39 is 10.0 Å². The lowest BCUT2D eigenvalue weighted by molar-refractivity contribution is 0.569. The van der Waals surface area contributed by atoms with Gasteiger partial charge in [0.25, 0.3) is 0 Å². The Hall–Kier alpha value is -0.500. The number of hydrogen-bond acceptors (Lipinski definition) is 5. The van der Waals surface area contributed by atoms with Crippen LogP contribution >= 0.6 is 11.3 Å². The van der Waals surface area contributed by atoms with Crippen LogP contribution in [0.15, 0.2) is 0 Å². The van der Waals surface area contributed by atoms with Crippen molar-refractivity contribution < 1.29 is 8.42 Å². The van der Waals surface area contributed by atoms with Crippen LogP contribution in [0.2, 0.25) is 0 Å². The molecule has 0 radical (unpaired) electrons. The third-order valence-corrected chi connectivity index (χ3v) is 5.08. The van der Waals surface area contributed by atoms with Gasteiger partial charge in [0.2, 0.25) is 10.0 Å². The normalized spacial score (nSPS) is 13.9. The predicted octanol–water partition coefficient (Wildman–Crippen LogP) is 0.960. The fraction of sp³-hybridized carbons (Fsp3) is 0.700. The molecule has 1 atom stereocenters. The summed E-state index contributed by atoms with van der Waals surface area (Å²) in [7, 11) is -1.70. The number of hydrogen-bond donors (Lipinski definition) is 2. The van der Waals surface area contributed by atoms with Crippen LogP contribution < -0.4 is 10.0 Å². The van der Waals surface area contributed by atoms with Gasteiger partial charge < -0.3 is 5.32 Å². The van der Waals surface area contributed by atoms with Gasteiger partial charge in [-0.15, -0.1) is 11.3 Å². The van der Waals surface area contributed by atoms with Crippen LogP contribution in [0.1, 0.15) is 28.5 Å². The number of nitrogens with one attached hydrogen (secondary N) is 2. The van der Waals surface area contributed by atoms with Gasteiger partial charge in [-0.25, -0.2) is 18.1 Å². The molecule has 0 amide bonds. The van der Waals surface area contributed by atoms with E-state index in [1.165, 1.54) is 11.9 Å². The summed E-state index contributed by atoms with van der Waals surface area (Å²) in [6.07, 6.45) is 0. The summed E-state index contributed by atoms with van der Waals surface area (Å²) >= 11 is 1.65. The quantitative estimate of drug-likeness (QED) is 0.812. The molecule has 0 fully saturated rings. The zero-order valence-corrected chi connectivity index (χ0v) is 12.2. The highest BCUT2D eigenvalue weighted by atomic mass is 32.2. The van der Waals surface area contributed by atoms with Crippen molar-refractivity contribution in [2.24, 2.45) is 0 Å². The summed E-state index contributed by atoms with van der Waals surface area (Å²) in [6, 6.07) is 0.133. The molecule has 1 aromatic heterocycles. The lowest BCUT2D eigenvalue weighted by atomic mass is 10.2. The van der Waals surface area contributed by atoms with Crippen molar-refractivity contribution >= 4 is 21.4 Å². The van der Waals surface area contributed by atoms with Crippen LogP contribution in [0.4, 0.5) is 0 Å². The monoisotopic (exact) mass is 277 g/mol. The lowest BCUT2D eigenvalue weighted by Crippen LogP contribution is -2.30. The summed E-state index contributed by atoms with van der Waals surface area (Å²) in [6.45, 7) is 6.40. The first-order valence-electron chi connectivity index (χ1n) is 5.44. The maximum Gasteiger partial charge on any atom is 0.212 e. The highest BCUT2D eigenvalue weighted by Gasteiger charge is 2.13. The smallest absolute Gasteiger partial charge is 0.212 e. The number of aromatic nitrogens is 1. The molecule has 0 saturated heterocycles. The molecule has 0 bridgehead atoms. The molecule has 0 aliphatic rings. The van der Waals surface area contributed by atoms with Crippen molar-refractivity contribution in [3.8, 4) is 0 Å². The third-order valence-electron chi connectivity index (χ3n) is 2.47. The number of thiazole rings is 1. The minimum Gasteiger partial charge on any atom is -0.308 e. The highest BCUT2D eigenvalue weighted by molar-refractivity contribution is 7.89. The number of sulfonamides is 1. The van der Waals surface area contributed by atoms with Gasteiger partial charge in [-0.05, 0) is 27.8 Å². The second-order valence-corrected chi connectivity index (χ2v) is 7.16. The second-order valence-electron chi connectivity index (χ2n) is 3.88. The van der Waals surface area contributed by atoms with E-state index >= 15 is 0 Å². The first-order valence-corrected chi connectivity index (χ1v) is 7.91. The summed E-state index contributed by atoms with van der Waals surface area (Å²) in [5.74, 6) is 0.0880. The molecule has 1 unspecified atom stereocenters. The molecule has 0 aliphatic heterocycles. The molecule has 0 spiro atoms. The average molecular weight is 277 g/mol. The van der Waals surface area contributed by atoms with E-state index in [-0.39, 0.29) is 11.8 Å². The van der Waals surface area contributed by atoms with Gasteiger partial charge in [-0.1, -0.05) is 0 Å². The van der Waals surface area contributed by atoms with Crippen molar-refractivity contribution in [2.45, 2.75) is 26.8 Å². The summed E-state index contributed by atoms with van der Waals surface area (Å²) in [5.41, 5.74) is 1.02. The van der Waals surface area contributed by atoms with Crippen LogP contribution in [0.5, 0.6) is 0 Å². The van der Waals surface area contributed by atoms with Crippen molar-refractivity contribution in [1.29, 1.82) is 0 Å². The summed E-state index contributed by atoms with van der Waals surface area (Å²) in [5, 5.41) is 4.23. The summed E-state index contributed by atoms with van der Waals surface area (Å²) in [4.78, 5) is 5.52. The van der Waals surface area contributed by atoms with Crippen molar-refractivity contribution in [3.63, 3.8) is 0 Å². The second kappa shape index (κ2) is 5.90. The van der Waals surface area contributed by atoms with E-state index in [0.29, 0.717) is 6.54 Å². The fourth-order valence-corrected chi connectivity index (χ4v) is 3.10. The third kappa shape index (κ3) is 4.34. The predicted molar refractivity (Wildman–Crippen MR) is 70.9 cm³/mol. The Balaban J connectivity index is 2.51. The fourth-order valence-electron chi connectivity index (χ4n) is 1.55. The van der Waals surface area contributed by atoms with Crippen LogP contribution in [-0.4, -0.2) is 32.7 Å². The molecule has 1 aromatic rings. The van der Waals surface area contributed by atoms with E-state index in [4.69, 9.17) is 0 Å². The Morgan fingerprint density at radius 2 is 2.06 bits per heavy atom. The molecule has 17 heavy (non-hydrogen) atoms. The van der Waals surface area contributed by atoms with Gasteiger partial charge >= 0.3 is 0 Å². The van der Waals surface area contributed by atoms with Crippen molar-refractivity contribution in [3.05, 3.63) is 15.6 Å². The lowest BCUT2D eigenvalue weighted by Gasteiger charge is -2.12. The van der Waals surface area contributed by atoms with E-state index in [1.807, 2.05) is 20.8 Å². The largest absolute Gasteiger partial charge is 0.308 e. The highest BCUT2D eigenvalue weighted by Crippen LogP contribution is 2.23. The van der Waals surface area contributed by atoms with Crippen molar-refractivity contribution in [1.82, 2.24) is 15.0 Å². The molecular weight excluding hydrogens is 258 g/mol. The molecule has 0 saturated carbocycles. The molecule has 2 N–H and O–H groups in total. The Labute approximate surface area is 107 Å². The number of nitrogens with zero attached hydrogens (tertiary/aromatic N) is 1. The Bertz CT molecular complexity index is 468. The number of rotatable bonds is 6. The molecule has 1 rings (SSSR count). The maximum atomic E-state index is 11.2. The molecule has 98 valence electrons. The number of aryl methyl sites for hydroxylation is 2. The van der Waals surface area contributed by atoms with Gasteiger partial charge in [0.15, 0.2) is 0 Å². The Kier molecular flexibility index (Phi) is 5.05. The Morgan fingerprint density at radius 3 is 2.53 bits per heavy atom. The van der Waals surface area contributed by atoms with Gasteiger partial charge in [-0.3, -0.25) is 0 Å². The topological polar surface area (TPSA) is 71.1 Å². The molecule has 1 heterocycles. The minimum atomic E-state index is -3.13. The summed E-state index contributed by atoms with van der Waals surface area (Å²) < 4.78 is 24.7. The zero-order chi connectivity index (χ0) is 13.1. The van der Waals surface area contributed by atoms with E-state index in [0.717, 1.165) is 10.7 Å². The molecule has 0 aromatic carbocycles. The van der Waals surface area contributed by atoms with E-state index in [2.05, 4.69) is 15.0 Å². The first-order chi connectivity index (χ1) is 7.85. The zero-order valence-electron chi connectivity index (χ0n) is 10.6. The van der Waals surface area contributed by atoms with Gasteiger partial charge in [0.05, 0.1) is 16.5 Å². The SMILES string of the molecule is CNS(=O)(=O)CCNC(C)c1sc(C)nc1C. The van der Waals surface area contributed by atoms with Crippen LogP contribution in [-0.2, 0) is 10.0 Å². The van der Waals surface area contributed by atoms with Crippen LogP contribution in [0.25, 0.3) is 0 Å². The minimum absolute atomic E-state index is 0.0880. The average Bonchev–Trinajstić information content (AvgIpc) is 2.57. The molecule has 5 nitrogen and oxygen atoms in total. The molecule has 0 aliphatic carbocycles. The van der Waals surface area contributed by atoms with Crippen molar-refractivity contribution in [2.75, 3.05) is 19.3 Å². The molecular formula is C10H19N3O2S2. The Morgan fingerprint density at radius 1 is 1.41 bits per heavy atom. The molecule has 7 heteroatoms. The van der Waals surface area contributed by atoms with E-state index in [9.17, 15) is 8.42 Å². The van der Waals surface area contributed by atoms with Gasteiger partial charge in [0.1, 0.15) is 0 Å². The van der Waals surface area contributed by atoms with Crippen LogP contribution in [0.3, 0.4) is 0 Å².